The Morgan fingerprint density at radius 3 is 2.67 bits per heavy atom. The number of morpholine rings is 1. The van der Waals surface area contributed by atoms with Crippen LogP contribution in [-0.2, 0) is 9.53 Å². The molecule has 15 heavy (non-hydrogen) atoms. The van der Waals surface area contributed by atoms with Gasteiger partial charge in [-0.1, -0.05) is 0 Å². The minimum absolute atomic E-state index is 0.243. The molecule has 0 atom stereocenters. The lowest BCUT2D eigenvalue weighted by molar-refractivity contribution is -0.873. The van der Waals surface area contributed by atoms with Crippen LogP contribution < -0.4 is 10.2 Å². The molecule has 5 heteroatoms. The summed E-state index contributed by atoms with van der Waals surface area (Å²) in [6, 6.07) is 0. The molecule has 0 aliphatic carbocycles. The summed E-state index contributed by atoms with van der Waals surface area (Å²) in [5.74, 6) is 0.243. The molecule has 0 aromatic carbocycles. The van der Waals surface area contributed by atoms with Crippen LogP contribution >= 0.6 is 0 Å². The first-order valence-electron chi connectivity index (χ1n) is 5.66. The smallest absolute Gasteiger partial charge is 0.277 e. The van der Waals surface area contributed by atoms with Crippen LogP contribution in [0.2, 0.25) is 0 Å². The molecule has 0 bridgehead atoms. The Morgan fingerprint density at radius 1 is 1.40 bits per heavy atom. The van der Waals surface area contributed by atoms with Gasteiger partial charge < -0.3 is 19.9 Å². The fourth-order valence-corrected chi connectivity index (χ4v) is 1.56. The predicted octanol–water partition coefficient (Wildman–Crippen LogP) is -3.45. The molecule has 0 unspecified atom stereocenters. The Kier molecular flexibility index (Phi) is 5.60. The van der Waals surface area contributed by atoms with E-state index in [1.165, 1.54) is 4.90 Å². The molecule has 0 radical (unpaired) electrons. The van der Waals surface area contributed by atoms with E-state index in [0.29, 0.717) is 19.8 Å². The molecule has 1 amide bonds. The monoisotopic (exact) mass is 217 g/mol. The Labute approximate surface area is 91.4 Å². The molecule has 0 aromatic rings. The zero-order valence-corrected chi connectivity index (χ0v) is 9.79. The van der Waals surface area contributed by atoms with Crippen molar-refractivity contribution in [3.63, 3.8) is 0 Å². The first kappa shape index (κ1) is 12.4. The molecule has 1 saturated heterocycles. The molecule has 5 nitrogen and oxygen atoms in total. The Balaban J connectivity index is 2.07. The number of quaternary nitrogens is 2. The highest BCUT2D eigenvalue weighted by molar-refractivity contribution is 5.77. The number of nitrogens with zero attached hydrogens (tertiary/aromatic N) is 1. The number of amides is 1. The largest absolute Gasteiger partial charge is 0.378 e. The van der Waals surface area contributed by atoms with E-state index in [9.17, 15) is 4.79 Å². The van der Waals surface area contributed by atoms with Gasteiger partial charge in [-0.05, 0) is 0 Å². The van der Waals surface area contributed by atoms with Crippen molar-refractivity contribution >= 4 is 5.91 Å². The lowest BCUT2D eigenvalue weighted by Gasteiger charge is -2.26. The van der Waals surface area contributed by atoms with Crippen LogP contribution in [0.25, 0.3) is 0 Å². The maximum atomic E-state index is 11.7. The second-order valence-electron chi connectivity index (χ2n) is 4.23. The van der Waals surface area contributed by atoms with Crippen LogP contribution in [0.1, 0.15) is 0 Å². The van der Waals surface area contributed by atoms with Crippen LogP contribution in [0.3, 0.4) is 0 Å². The number of carbonyl (C=O) groups excluding carboxylic acids is 1. The maximum absolute atomic E-state index is 11.7. The second kappa shape index (κ2) is 6.76. The standard InChI is InChI=1S/C10H21N3O2/c1-12(2)4-3-11-9-10(14)13-5-7-15-8-6-13/h11H,3-9H2,1-2H3/p+2. The number of likely N-dealkylation sites (N-methyl/N-ethyl adjacent to an activating group) is 1. The normalized spacial score (nSPS) is 17.1. The van der Waals surface area contributed by atoms with Crippen molar-refractivity contribution in [1.82, 2.24) is 4.90 Å². The molecule has 1 fully saturated rings. The average Bonchev–Trinajstić information content (AvgIpc) is 2.25. The highest BCUT2D eigenvalue weighted by atomic mass is 16.5. The highest BCUT2D eigenvalue weighted by Crippen LogP contribution is 1.95. The molecule has 0 spiro atoms. The van der Waals surface area contributed by atoms with E-state index in [4.69, 9.17) is 4.74 Å². The molecule has 1 aliphatic heterocycles. The molecule has 0 aromatic heterocycles. The third kappa shape index (κ3) is 5.11. The average molecular weight is 217 g/mol. The van der Waals surface area contributed by atoms with Gasteiger partial charge in [0.05, 0.1) is 27.3 Å². The van der Waals surface area contributed by atoms with E-state index in [1.807, 2.05) is 4.90 Å². The lowest BCUT2D eigenvalue weighted by Crippen LogP contribution is -3.09. The summed E-state index contributed by atoms with van der Waals surface area (Å²) in [5, 5.41) is 2.09. The van der Waals surface area contributed by atoms with Gasteiger partial charge in [0.15, 0.2) is 6.54 Å². The fraction of sp³-hybridized carbons (Fsp3) is 0.900. The summed E-state index contributed by atoms with van der Waals surface area (Å²) in [4.78, 5) is 15.0. The molecular formula is C10H23N3O2+2. The Morgan fingerprint density at radius 2 is 2.07 bits per heavy atom. The van der Waals surface area contributed by atoms with Crippen molar-refractivity contribution in [1.29, 1.82) is 0 Å². The third-order valence-electron chi connectivity index (χ3n) is 2.53. The lowest BCUT2D eigenvalue weighted by atomic mass is 10.4. The number of hydrogen-bond donors (Lipinski definition) is 2. The molecule has 1 aliphatic rings. The number of nitrogens with two attached hydrogens (primary N) is 1. The molecule has 88 valence electrons. The number of carbonyl (C=O) groups is 1. The molecule has 0 saturated carbocycles. The van der Waals surface area contributed by atoms with Crippen LogP contribution in [0, 0.1) is 0 Å². The van der Waals surface area contributed by atoms with Crippen molar-refractivity contribution in [2.75, 3.05) is 60.0 Å². The Hall–Kier alpha value is -0.650. The minimum Gasteiger partial charge on any atom is -0.378 e. The van der Waals surface area contributed by atoms with E-state index in [1.54, 1.807) is 0 Å². The summed E-state index contributed by atoms with van der Waals surface area (Å²) in [6.07, 6.45) is 0. The van der Waals surface area contributed by atoms with Gasteiger partial charge in [-0.3, -0.25) is 4.79 Å². The third-order valence-corrected chi connectivity index (χ3v) is 2.53. The van der Waals surface area contributed by atoms with Gasteiger partial charge >= 0.3 is 0 Å². The van der Waals surface area contributed by atoms with Gasteiger partial charge in [-0.25, -0.2) is 0 Å². The number of nitrogens with one attached hydrogen (secondary N) is 1. The zero-order valence-electron chi connectivity index (χ0n) is 9.79. The van der Waals surface area contributed by atoms with Crippen LogP contribution in [0.5, 0.6) is 0 Å². The molecule has 1 heterocycles. The summed E-state index contributed by atoms with van der Waals surface area (Å²) in [7, 11) is 4.25. The first-order valence-corrected chi connectivity index (χ1v) is 5.66. The van der Waals surface area contributed by atoms with Crippen molar-refractivity contribution in [2.45, 2.75) is 0 Å². The predicted molar refractivity (Wildman–Crippen MR) is 56.7 cm³/mol. The number of rotatable bonds is 5. The van der Waals surface area contributed by atoms with E-state index in [2.05, 4.69) is 19.4 Å². The van der Waals surface area contributed by atoms with Gasteiger partial charge in [0.25, 0.3) is 5.91 Å². The Bertz CT molecular complexity index is 191. The zero-order chi connectivity index (χ0) is 11.1. The van der Waals surface area contributed by atoms with Crippen LogP contribution in [0.15, 0.2) is 0 Å². The van der Waals surface area contributed by atoms with E-state index in [-0.39, 0.29) is 5.91 Å². The second-order valence-corrected chi connectivity index (χ2v) is 4.23. The van der Waals surface area contributed by atoms with Gasteiger partial charge in [0.2, 0.25) is 0 Å². The molecule has 1 rings (SSSR count). The number of hydrogen-bond acceptors (Lipinski definition) is 2. The molecule has 3 N–H and O–H groups in total. The van der Waals surface area contributed by atoms with Gasteiger partial charge in [-0.2, -0.15) is 0 Å². The minimum atomic E-state index is 0.243. The van der Waals surface area contributed by atoms with E-state index < -0.39 is 0 Å². The summed E-state index contributed by atoms with van der Waals surface area (Å²) in [5.41, 5.74) is 0. The summed E-state index contributed by atoms with van der Waals surface area (Å²) >= 11 is 0. The topological polar surface area (TPSA) is 50.6 Å². The van der Waals surface area contributed by atoms with Crippen molar-refractivity contribution in [2.24, 2.45) is 0 Å². The van der Waals surface area contributed by atoms with E-state index >= 15 is 0 Å². The number of ether oxygens (including phenoxy) is 1. The van der Waals surface area contributed by atoms with Crippen molar-refractivity contribution in [3.8, 4) is 0 Å². The van der Waals surface area contributed by atoms with E-state index in [0.717, 1.165) is 26.2 Å². The first-order chi connectivity index (χ1) is 7.20. The van der Waals surface area contributed by atoms with Crippen LogP contribution in [-0.4, -0.2) is 70.8 Å². The SMILES string of the molecule is C[NH+](C)CC[NH2+]CC(=O)N1CCOCC1. The van der Waals surface area contributed by atoms with Gasteiger partial charge in [0.1, 0.15) is 13.1 Å². The van der Waals surface area contributed by atoms with Crippen molar-refractivity contribution in [3.05, 3.63) is 0 Å². The fourth-order valence-electron chi connectivity index (χ4n) is 1.56. The highest BCUT2D eigenvalue weighted by Gasteiger charge is 2.17. The van der Waals surface area contributed by atoms with Gasteiger partial charge in [0, 0.05) is 13.1 Å². The quantitative estimate of drug-likeness (QED) is 0.471. The van der Waals surface area contributed by atoms with Crippen molar-refractivity contribution < 1.29 is 19.7 Å². The summed E-state index contributed by atoms with van der Waals surface area (Å²) < 4.78 is 5.20. The summed E-state index contributed by atoms with van der Waals surface area (Å²) in [6.45, 7) is 5.57. The molecular weight excluding hydrogens is 194 g/mol. The van der Waals surface area contributed by atoms with Crippen LogP contribution in [0.4, 0.5) is 0 Å². The maximum Gasteiger partial charge on any atom is 0.277 e. The van der Waals surface area contributed by atoms with Gasteiger partial charge in [-0.15, -0.1) is 0 Å².